The summed E-state index contributed by atoms with van der Waals surface area (Å²) in [7, 11) is 0. The van der Waals surface area contributed by atoms with Crippen molar-refractivity contribution in [1.82, 2.24) is 15.3 Å². The first-order valence-corrected chi connectivity index (χ1v) is 8.98. The third kappa shape index (κ3) is 3.84. The SMILES string of the molecule is CC[C@H](O)CNC1CCN(c2nc(C)c3cc(C)ccc3n2)CC1. The molecule has 1 saturated heterocycles. The molecule has 0 radical (unpaired) electrons. The maximum absolute atomic E-state index is 9.68. The molecular weight excluding hydrogens is 300 g/mol. The number of rotatable bonds is 5. The van der Waals surface area contributed by atoms with Gasteiger partial charge in [-0.2, -0.15) is 0 Å². The largest absolute Gasteiger partial charge is 0.392 e. The second-order valence-corrected chi connectivity index (χ2v) is 6.86. The number of aliphatic hydroxyl groups excluding tert-OH is 1. The Morgan fingerprint density at radius 3 is 2.71 bits per heavy atom. The summed E-state index contributed by atoms with van der Waals surface area (Å²) in [6.45, 7) is 8.77. The molecule has 2 aromatic rings. The molecule has 2 N–H and O–H groups in total. The Labute approximate surface area is 144 Å². The summed E-state index contributed by atoms with van der Waals surface area (Å²) < 4.78 is 0. The van der Waals surface area contributed by atoms with E-state index in [9.17, 15) is 5.11 Å². The first kappa shape index (κ1) is 17.1. The molecule has 24 heavy (non-hydrogen) atoms. The summed E-state index contributed by atoms with van der Waals surface area (Å²) in [5, 5.41) is 14.3. The third-order valence-electron chi connectivity index (χ3n) is 4.92. The maximum atomic E-state index is 9.68. The van der Waals surface area contributed by atoms with Crippen molar-refractivity contribution < 1.29 is 5.11 Å². The van der Waals surface area contributed by atoms with E-state index in [2.05, 4.69) is 42.3 Å². The molecular formula is C19H28N4O. The minimum atomic E-state index is -0.238. The van der Waals surface area contributed by atoms with Crippen molar-refractivity contribution in [3.05, 3.63) is 29.5 Å². The molecule has 0 saturated carbocycles. The first-order chi connectivity index (χ1) is 11.6. The molecule has 0 spiro atoms. The van der Waals surface area contributed by atoms with Gasteiger partial charge in [0, 0.05) is 31.1 Å². The summed E-state index contributed by atoms with van der Waals surface area (Å²) in [6.07, 6.45) is 2.68. The Morgan fingerprint density at radius 2 is 2.00 bits per heavy atom. The van der Waals surface area contributed by atoms with E-state index >= 15 is 0 Å². The van der Waals surface area contributed by atoms with Gasteiger partial charge in [0.25, 0.3) is 0 Å². The minimum Gasteiger partial charge on any atom is -0.392 e. The van der Waals surface area contributed by atoms with E-state index in [4.69, 9.17) is 9.97 Å². The van der Waals surface area contributed by atoms with Gasteiger partial charge in [-0.1, -0.05) is 18.6 Å². The lowest BCUT2D eigenvalue weighted by molar-refractivity contribution is 0.160. The monoisotopic (exact) mass is 328 g/mol. The van der Waals surface area contributed by atoms with Crippen LogP contribution in [0.25, 0.3) is 10.9 Å². The Kier molecular flexibility index (Phi) is 5.31. The fourth-order valence-electron chi connectivity index (χ4n) is 3.25. The van der Waals surface area contributed by atoms with E-state index in [1.165, 1.54) is 5.56 Å². The predicted octanol–water partition coefficient (Wildman–Crippen LogP) is 2.58. The average molecular weight is 328 g/mol. The second kappa shape index (κ2) is 7.45. The van der Waals surface area contributed by atoms with E-state index in [0.717, 1.165) is 54.9 Å². The Bertz CT molecular complexity index is 695. The highest BCUT2D eigenvalue weighted by molar-refractivity contribution is 5.82. The van der Waals surface area contributed by atoms with Crippen molar-refractivity contribution in [3.63, 3.8) is 0 Å². The van der Waals surface area contributed by atoms with Crippen LogP contribution in [0.2, 0.25) is 0 Å². The lowest BCUT2D eigenvalue weighted by Gasteiger charge is -2.33. The number of hydrogen-bond acceptors (Lipinski definition) is 5. The first-order valence-electron chi connectivity index (χ1n) is 8.98. The predicted molar refractivity (Wildman–Crippen MR) is 98.5 cm³/mol. The van der Waals surface area contributed by atoms with Gasteiger partial charge in [0.15, 0.2) is 0 Å². The van der Waals surface area contributed by atoms with E-state index in [1.54, 1.807) is 0 Å². The van der Waals surface area contributed by atoms with Crippen LogP contribution in [0.15, 0.2) is 18.2 Å². The fourth-order valence-corrected chi connectivity index (χ4v) is 3.25. The van der Waals surface area contributed by atoms with Crippen molar-refractivity contribution in [2.75, 3.05) is 24.5 Å². The van der Waals surface area contributed by atoms with Crippen LogP contribution in [0.5, 0.6) is 0 Å². The number of anilines is 1. The Morgan fingerprint density at radius 1 is 1.25 bits per heavy atom. The highest BCUT2D eigenvalue weighted by atomic mass is 16.3. The van der Waals surface area contributed by atoms with Crippen molar-refractivity contribution in [3.8, 4) is 0 Å². The maximum Gasteiger partial charge on any atom is 0.226 e. The minimum absolute atomic E-state index is 0.238. The third-order valence-corrected chi connectivity index (χ3v) is 4.92. The van der Waals surface area contributed by atoms with E-state index in [1.807, 2.05) is 6.92 Å². The number of aromatic nitrogens is 2. The molecule has 0 bridgehead atoms. The van der Waals surface area contributed by atoms with Gasteiger partial charge >= 0.3 is 0 Å². The van der Waals surface area contributed by atoms with Gasteiger partial charge in [-0.15, -0.1) is 0 Å². The van der Waals surface area contributed by atoms with Crippen LogP contribution in [0.3, 0.4) is 0 Å². The van der Waals surface area contributed by atoms with Crippen LogP contribution in [0.1, 0.15) is 37.4 Å². The number of nitrogens with zero attached hydrogens (tertiary/aromatic N) is 3. The van der Waals surface area contributed by atoms with Crippen LogP contribution in [-0.2, 0) is 0 Å². The van der Waals surface area contributed by atoms with Crippen molar-refractivity contribution in [2.45, 2.75) is 52.2 Å². The molecule has 1 aromatic heterocycles. The molecule has 1 aliphatic rings. The molecule has 2 heterocycles. The van der Waals surface area contributed by atoms with Crippen molar-refractivity contribution in [1.29, 1.82) is 0 Å². The summed E-state index contributed by atoms with van der Waals surface area (Å²) >= 11 is 0. The molecule has 3 rings (SSSR count). The molecule has 1 atom stereocenters. The Balaban J connectivity index is 1.66. The topological polar surface area (TPSA) is 61.3 Å². The Hall–Kier alpha value is -1.72. The number of aliphatic hydroxyl groups is 1. The lowest BCUT2D eigenvalue weighted by atomic mass is 10.0. The summed E-state index contributed by atoms with van der Waals surface area (Å²) in [4.78, 5) is 11.8. The number of aryl methyl sites for hydroxylation is 2. The fraction of sp³-hybridized carbons (Fsp3) is 0.579. The van der Waals surface area contributed by atoms with Crippen LogP contribution < -0.4 is 10.2 Å². The summed E-state index contributed by atoms with van der Waals surface area (Å²) in [6, 6.07) is 6.83. The zero-order valence-electron chi connectivity index (χ0n) is 14.9. The van der Waals surface area contributed by atoms with Gasteiger partial charge in [0.2, 0.25) is 5.95 Å². The van der Waals surface area contributed by atoms with Gasteiger partial charge in [-0.3, -0.25) is 0 Å². The number of fused-ring (bicyclic) bond motifs is 1. The van der Waals surface area contributed by atoms with Crippen LogP contribution >= 0.6 is 0 Å². The summed E-state index contributed by atoms with van der Waals surface area (Å²) in [5.41, 5.74) is 3.31. The molecule has 0 aliphatic carbocycles. The average Bonchev–Trinajstić information content (AvgIpc) is 2.60. The molecule has 130 valence electrons. The summed E-state index contributed by atoms with van der Waals surface area (Å²) in [5.74, 6) is 0.843. The van der Waals surface area contributed by atoms with Gasteiger partial charge in [-0.25, -0.2) is 9.97 Å². The highest BCUT2D eigenvalue weighted by Crippen LogP contribution is 2.22. The standard InChI is InChI=1S/C19H28N4O/c1-4-16(24)12-20-15-7-9-23(10-8-15)19-21-14(3)17-11-13(2)5-6-18(17)22-19/h5-6,11,15-16,20,24H,4,7-10,12H2,1-3H3/t16-/m0/s1. The van der Waals surface area contributed by atoms with Gasteiger partial charge in [-0.05, 0) is 45.2 Å². The van der Waals surface area contributed by atoms with Crippen LogP contribution in [0.4, 0.5) is 5.95 Å². The molecule has 1 aliphatic heterocycles. The number of benzene rings is 1. The molecule has 5 heteroatoms. The number of nitrogens with one attached hydrogen (secondary N) is 1. The molecule has 0 amide bonds. The molecule has 5 nitrogen and oxygen atoms in total. The molecule has 1 aromatic carbocycles. The highest BCUT2D eigenvalue weighted by Gasteiger charge is 2.21. The smallest absolute Gasteiger partial charge is 0.226 e. The van der Waals surface area contributed by atoms with Crippen LogP contribution in [-0.4, -0.2) is 46.9 Å². The number of hydrogen-bond donors (Lipinski definition) is 2. The van der Waals surface area contributed by atoms with Crippen molar-refractivity contribution >= 4 is 16.9 Å². The van der Waals surface area contributed by atoms with Crippen molar-refractivity contribution in [2.24, 2.45) is 0 Å². The quantitative estimate of drug-likeness (QED) is 0.883. The lowest BCUT2D eigenvalue weighted by Crippen LogP contribution is -2.45. The van der Waals surface area contributed by atoms with Gasteiger partial charge in [0.05, 0.1) is 17.3 Å². The molecule has 1 fully saturated rings. The van der Waals surface area contributed by atoms with Crippen LogP contribution in [0, 0.1) is 13.8 Å². The van der Waals surface area contributed by atoms with Gasteiger partial charge < -0.3 is 15.3 Å². The zero-order valence-corrected chi connectivity index (χ0v) is 14.9. The molecule has 0 unspecified atom stereocenters. The van der Waals surface area contributed by atoms with E-state index in [0.29, 0.717) is 12.6 Å². The second-order valence-electron chi connectivity index (χ2n) is 6.86. The van der Waals surface area contributed by atoms with E-state index < -0.39 is 0 Å². The normalized spacial score (nSPS) is 17.4. The van der Waals surface area contributed by atoms with E-state index in [-0.39, 0.29) is 6.10 Å². The van der Waals surface area contributed by atoms with Gasteiger partial charge in [0.1, 0.15) is 0 Å². The zero-order chi connectivity index (χ0) is 17.1. The number of piperidine rings is 1.